The number of nitrogens with zero attached hydrogens (tertiary/aromatic N) is 3. The molecule has 1 aliphatic rings. The standard InChI is InChI=1S/C39H29N5/c1-4-14-26(15-5-1)37-40-38(27-16-6-2-7-17-27)42-39(41-37)44-34-23-13-11-21-30(34)32-24-35-31(25-36(32)44)29-20-10-12-22-33(29)43(35)28-18-8-3-9-19-28/h1-25,37,39,41H,(H,40,42). The zero-order valence-electron chi connectivity index (χ0n) is 23.9. The monoisotopic (exact) mass is 567 g/mol. The summed E-state index contributed by atoms with van der Waals surface area (Å²) in [5.41, 5.74) is 8.08. The maximum atomic E-state index is 5.32. The molecule has 210 valence electrons. The van der Waals surface area contributed by atoms with Crippen molar-refractivity contribution in [2.45, 2.75) is 12.5 Å². The Hall–Kier alpha value is -5.65. The topological polar surface area (TPSA) is 46.3 Å². The number of hydrogen-bond donors (Lipinski definition) is 2. The second-order valence-corrected chi connectivity index (χ2v) is 11.3. The summed E-state index contributed by atoms with van der Waals surface area (Å²) in [5.74, 6) is 0.871. The molecule has 2 unspecified atom stereocenters. The maximum absolute atomic E-state index is 5.32. The highest BCUT2D eigenvalue weighted by Gasteiger charge is 2.28. The third-order valence-corrected chi connectivity index (χ3v) is 8.79. The molecule has 5 nitrogen and oxygen atoms in total. The van der Waals surface area contributed by atoms with E-state index < -0.39 is 0 Å². The van der Waals surface area contributed by atoms with Crippen LogP contribution in [0.3, 0.4) is 0 Å². The van der Waals surface area contributed by atoms with Crippen LogP contribution >= 0.6 is 0 Å². The van der Waals surface area contributed by atoms with Crippen molar-refractivity contribution in [3.05, 3.63) is 163 Å². The summed E-state index contributed by atoms with van der Waals surface area (Å²) < 4.78 is 4.76. The van der Waals surface area contributed by atoms with E-state index in [-0.39, 0.29) is 12.5 Å². The minimum Gasteiger partial charge on any atom is -0.350 e. The van der Waals surface area contributed by atoms with Crippen molar-refractivity contribution in [2.24, 2.45) is 4.99 Å². The number of fused-ring (bicyclic) bond motifs is 6. The second kappa shape index (κ2) is 9.97. The van der Waals surface area contributed by atoms with Crippen molar-refractivity contribution in [3.63, 3.8) is 0 Å². The number of aromatic nitrogens is 2. The number of rotatable bonds is 4. The van der Waals surface area contributed by atoms with Gasteiger partial charge in [0.25, 0.3) is 0 Å². The third-order valence-electron chi connectivity index (χ3n) is 8.79. The number of hydrogen-bond acceptors (Lipinski definition) is 3. The molecule has 0 aliphatic carbocycles. The SMILES string of the molecule is c1ccc(C2=NC(n3c4ccccc4c4cc5c(cc43)c3ccccc3n5-c3ccccc3)NC(c3ccccc3)N2)cc1. The highest BCUT2D eigenvalue weighted by atomic mass is 15.4. The van der Waals surface area contributed by atoms with E-state index in [4.69, 9.17) is 4.99 Å². The first kappa shape index (κ1) is 24.9. The van der Waals surface area contributed by atoms with Crippen LogP contribution in [0.25, 0.3) is 49.3 Å². The molecule has 0 fully saturated rings. The van der Waals surface area contributed by atoms with Gasteiger partial charge in [-0.25, -0.2) is 4.99 Å². The Morgan fingerprint density at radius 1 is 0.500 bits per heavy atom. The van der Waals surface area contributed by atoms with Crippen LogP contribution in [-0.2, 0) is 0 Å². The van der Waals surface area contributed by atoms with Gasteiger partial charge in [-0.05, 0) is 42.0 Å². The maximum Gasteiger partial charge on any atom is 0.184 e. The number of amidine groups is 1. The van der Waals surface area contributed by atoms with Crippen LogP contribution in [0.2, 0.25) is 0 Å². The lowest BCUT2D eigenvalue weighted by atomic mass is 10.1. The van der Waals surface area contributed by atoms with Crippen LogP contribution in [0.4, 0.5) is 0 Å². The lowest BCUT2D eigenvalue weighted by Gasteiger charge is -2.33. The first-order valence-electron chi connectivity index (χ1n) is 15.1. The summed E-state index contributed by atoms with van der Waals surface area (Å²) in [6.07, 6.45) is -0.451. The van der Waals surface area contributed by atoms with E-state index in [2.05, 4.69) is 165 Å². The Morgan fingerprint density at radius 2 is 1.07 bits per heavy atom. The molecule has 0 saturated carbocycles. The minimum absolute atomic E-state index is 0.117. The quantitative estimate of drug-likeness (QED) is 0.223. The summed E-state index contributed by atoms with van der Waals surface area (Å²) in [5, 5.41) is 12.4. The van der Waals surface area contributed by atoms with Gasteiger partial charge in [0.1, 0.15) is 12.0 Å². The molecule has 2 aromatic heterocycles. The molecule has 0 bridgehead atoms. The van der Waals surface area contributed by atoms with E-state index in [0.29, 0.717) is 0 Å². The fourth-order valence-corrected chi connectivity index (χ4v) is 6.81. The van der Waals surface area contributed by atoms with E-state index in [0.717, 1.165) is 33.7 Å². The van der Waals surface area contributed by atoms with E-state index in [1.54, 1.807) is 0 Å². The molecule has 0 saturated heterocycles. The van der Waals surface area contributed by atoms with Gasteiger partial charge >= 0.3 is 0 Å². The van der Waals surface area contributed by atoms with Crippen molar-refractivity contribution in [1.82, 2.24) is 19.8 Å². The van der Waals surface area contributed by atoms with Gasteiger partial charge in [0, 0.05) is 32.8 Å². The van der Waals surface area contributed by atoms with Crippen molar-refractivity contribution < 1.29 is 0 Å². The normalized spacial score (nSPS) is 16.9. The van der Waals surface area contributed by atoms with Gasteiger partial charge in [0.05, 0.1) is 22.1 Å². The molecule has 1 aliphatic heterocycles. The second-order valence-electron chi connectivity index (χ2n) is 11.3. The molecule has 8 aromatic rings. The molecule has 2 N–H and O–H groups in total. The first-order chi connectivity index (χ1) is 21.8. The summed E-state index contributed by atoms with van der Waals surface area (Å²) in [4.78, 5) is 5.32. The molecule has 3 heterocycles. The number of benzene rings is 6. The number of nitrogens with one attached hydrogen (secondary N) is 2. The van der Waals surface area contributed by atoms with E-state index in [1.807, 2.05) is 6.07 Å². The average molecular weight is 568 g/mol. The molecular weight excluding hydrogens is 538 g/mol. The Kier molecular flexibility index (Phi) is 5.64. The van der Waals surface area contributed by atoms with Crippen LogP contribution in [0, 0.1) is 0 Å². The van der Waals surface area contributed by atoms with Gasteiger partial charge in [0.2, 0.25) is 0 Å². The first-order valence-corrected chi connectivity index (χ1v) is 15.1. The van der Waals surface area contributed by atoms with Gasteiger partial charge in [-0.3, -0.25) is 5.32 Å². The fraction of sp³-hybridized carbons (Fsp3) is 0.0513. The zero-order valence-corrected chi connectivity index (χ0v) is 23.9. The molecule has 9 rings (SSSR count). The molecule has 44 heavy (non-hydrogen) atoms. The number of para-hydroxylation sites is 3. The van der Waals surface area contributed by atoms with E-state index >= 15 is 0 Å². The lowest BCUT2D eigenvalue weighted by molar-refractivity contribution is 0.341. The van der Waals surface area contributed by atoms with Crippen LogP contribution in [-0.4, -0.2) is 15.0 Å². The predicted octanol–water partition coefficient (Wildman–Crippen LogP) is 8.69. The van der Waals surface area contributed by atoms with Gasteiger partial charge in [-0.2, -0.15) is 0 Å². The van der Waals surface area contributed by atoms with Gasteiger partial charge < -0.3 is 14.5 Å². The fourth-order valence-electron chi connectivity index (χ4n) is 6.81. The van der Waals surface area contributed by atoms with Crippen molar-refractivity contribution in [2.75, 3.05) is 0 Å². The lowest BCUT2D eigenvalue weighted by Crippen LogP contribution is -2.46. The highest BCUT2D eigenvalue weighted by molar-refractivity contribution is 6.18. The zero-order chi connectivity index (χ0) is 29.0. The van der Waals surface area contributed by atoms with Crippen LogP contribution in [0.1, 0.15) is 23.6 Å². The Balaban J connectivity index is 1.33. The van der Waals surface area contributed by atoms with Gasteiger partial charge in [-0.15, -0.1) is 0 Å². The highest BCUT2D eigenvalue weighted by Crippen LogP contribution is 2.40. The summed E-state index contributed by atoms with van der Waals surface area (Å²) in [6, 6.07) is 53.7. The van der Waals surface area contributed by atoms with Crippen molar-refractivity contribution >= 4 is 49.4 Å². The smallest absolute Gasteiger partial charge is 0.184 e. The minimum atomic E-state index is -0.334. The molecule has 2 atom stereocenters. The van der Waals surface area contributed by atoms with Crippen molar-refractivity contribution in [3.8, 4) is 5.69 Å². The Labute approximate surface area is 254 Å². The third kappa shape index (κ3) is 3.87. The summed E-state index contributed by atoms with van der Waals surface area (Å²) in [7, 11) is 0. The Morgan fingerprint density at radius 3 is 1.82 bits per heavy atom. The largest absolute Gasteiger partial charge is 0.350 e. The molecule has 6 aromatic carbocycles. The Bertz CT molecular complexity index is 2330. The van der Waals surface area contributed by atoms with Gasteiger partial charge in [-0.1, -0.05) is 115 Å². The van der Waals surface area contributed by atoms with Crippen LogP contribution in [0.5, 0.6) is 0 Å². The molecule has 0 radical (unpaired) electrons. The summed E-state index contributed by atoms with van der Waals surface area (Å²) in [6.45, 7) is 0. The number of aliphatic imine (C=N–C) groups is 1. The molecule has 5 heteroatoms. The molecular formula is C39H29N5. The molecule has 0 amide bonds. The van der Waals surface area contributed by atoms with Gasteiger partial charge in [0.15, 0.2) is 6.29 Å². The predicted molar refractivity (Wildman–Crippen MR) is 181 cm³/mol. The van der Waals surface area contributed by atoms with E-state index in [1.165, 1.54) is 32.6 Å². The van der Waals surface area contributed by atoms with Crippen LogP contribution in [0.15, 0.2) is 157 Å². The van der Waals surface area contributed by atoms with E-state index in [9.17, 15) is 0 Å². The van der Waals surface area contributed by atoms with Crippen LogP contribution < -0.4 is 10.6 Å². The molecule has 0 spiro atoms. The van der Waals surface area contributed by atoms with Crippen molar-refractivity contribution in [1.29, 1.82) is 0 Å². The average Bonchev–Trinajstić information content (AvgIpc) is 3.60. The summed E-state index contributed by atoms with van der Waals surface area (Å²) >= 11 is 0.